The van der Waals surface area contributed by atoms with Crippen molar-refractivity contribution in [1.82, 2.24) is 9.97 Å². The molecule has 47 heavy (non-hydrogen) atoms. The van der Waals surface area contributed by atoms with Crippen LogP contribution >= 0.6 is 22.7 Å². The van der Waals surface area contributed by atoms with Gasteiger partial charge in [-0.25, -0.2) is 9.97 Å². The number of fused-ring (bicyclic) bond motifs is 2. The quantitative estimate of drug-likeness (QED) is 0.0731. The number of hydrogen-bond acceptors (Lipinski definition) is 14. The minimum atomic E-state index is -5.02. The summed E-state index contributed by atoms with van der Waals surface area (Å²) in [5.74, 6) is 0. The van der Waals surface area contributed by atoms with E-state index in [1.165, 1.54) is 11.3 Å². The van der Waals surface area contributed by atoms with E-state index in [1.807, 2.05) is 18.2 Å². The lowest BCUT2D eigenvalue weighted by Gasteiger charge is -2.11. The Labute approximate surface area is 274 Å². The SMILES string of the molecule is Cc1ccc2nc(-c3ccc4nc(-c5ccc(N=Nc6c(N)c(S(=O)(=O)O)cc(S(=O)(=O)O)c6N)cc5)sc4c3)sc2c1S(=O)(=O)O. The Kier molecular flexibility index (Phi) is 7.88. The molecule has 0 spiro atoms. The molecule has 0 saturated carbocycles. The van der Waals surface area contributed by atoms with Crippen LogP contribution in [-0.4, -0.2) is 48.9 Å². The lowest BCUT2D eigenvalue weighted by Crippen LogP contribution is -2.10. The Morgan fingerprint density at radius 2 is 1.21 bits per heavy atom. The van der Waals surface area contributed by atoms with E-state index >= 15 is 0 Å². The smallest absolute Gasteiger partial charge is 0.296 e. The van der Waals surface area contributed by atoms with E-state index < -0.39 is 57.2 Å². The lowest BCUT2D eigenvalue weighted by molar-refractivity contribution is 0.479. The maximum atomic E-state index is 12.0. The summed E-state index contributed by atoms with van der Waals surface area (Å²) in [4.78, 5) is 7.03. The molecule has 0 unspecified atom stereocenters. The van der Waals surface area contributed by atoms with Gasteiger partial charge in [-0.05, 0) is 67.1 Å². The van der Waals surface area contributed by atoms with Gasteiger partial charge >= 0.3 is 0 Å². The Hall–Kier alpha value is -4.41. The van der Waals surface area contributed by atoms with Crippen molar-refractivity contribution in [3.8, 4) is 21.1 Å². The molecule has 6 rings (SSSR count). The summed E-state index contributed by atoms with van der Waals surface area (Å²) in [6, 6.07) is 15.7. The first kappa shape index (κ1) is 32.5. The molecule has 2 heterocycles. The number of anilines is 2. The number of nitrogens with two attached hydrogens (primary N) is 2. The molecule has 0 aliphatic rings. The standard InChI is InChI=1S/C27H20N6O9S5/c1-12-2-8-17-24(25(12)47(40,41)42)44-27(31-17)14-5-9-16-18(10-14)43-26(30-16)13-3-6-15(7-4-13)32-33-23-21(28)19(45(34,35)36)11-20(22(23)29)46(37,38)39/h2-11H,28-29H2,1H3,(H,34,35,36)(H,37,38,39)(H,40,41,42). The van der Waals surface area contributed by atoms with Crippen LogP contribution in [0.2, 0.25) is 0 Å². The van der Waals surface area contributed by atoms with Gasteiger partial charge in [0.1, 0.15) is 30.4 Å². The number of azo groups is 1. The summed E-state index contributed by atoms with van der Waals surface area (Å²) in [7, 11) is -14.5. The number of benzene rings is 4. The van der Waals surface area contributed by atoms with Crippen LogP contribution in [0, 0.1) is 6.92 Å². The van der Waals surface area contributed by atoms with Crippen LogP contribution in [0.1, 0.15) is 5.56 Å². The van der Waals surface area contributed by atoms with Gasteiger partial charge in [0.15, 0.2) is 0 Å². The molecule has 0 fully saturated rings. The molecule has 4 aromatic carbocycles. The van der Waals surface area contributed by atoms with Crippen LogP contribution in [0.5, 0.6) is 0 Å². The highest BCUT2D eigenvalue weighted by Gasteiger charge is 2.27. The molecule has 0 aliphatic heterocycles. The summed E-state index contributed by atoms with van der Waals surface area (Å²) in [5.41, 5.74) is 12.9. The predicted molar refractivity (Wildman–Crippen MR) is 177 cm³/mol. The summed E-state index contributed by atoms with van der Waals surface area (Å²) in [6.45, 7) is 1.60. The van der Waals surface area contributed by atoms with Crippen LogP contribution in [0.4, 0.5) is 22.7 Å². The van der Waals surface area contributed by atoms with Crippen molar-refractivity contribution in [2.24, 2.45) is 10.2 Å². The van der Waals surface area contributed by atoms with E-state index in [1.54, 1.807) is 43.3 Å². The average molecular weight is 733 g/mol. The lowest BCUT2D eigenvalue weighted by atomic mass is 10.2. The van der Waals surface area contributed by atoms with Crippen LogP contribution in [-0.2, 0) is 30.4 Å². The monoisotopic (exact) mass is 732 g/mol. The number of aryl methyl sites for hydroxylation is 1. The third-order valence-electron chi connectivity index (χ3n) is 6.84. The van der Waals surface area contributed by atoms with Crippen LogP contribution in [0.3, 0.4) is 0 Å². The van der Waals surface area contributed by atoms with Gasteiger partial charge in [0, 0.05) is 11.1 Å². The second kappa shape index (κ2) is 11.4. The van der Waals surface area contributed by atoms with Gasteiger partial charge in [-0.3, -0.25) is 13.7 Å². The van der Waals surface area contributed by atoms with Crippen molar-refractivity contribution >= 4 is 96.2 Å². The molecule has 0 atom stereocenters. The van der Waals surface area contributed by atoms with Crippen LogP contribution in [0.25, 0.3) is 41.6 Å². The molecule has 15 nitrogen and oxygen atoms in total. The summed E-state index contributed by atoms with van der Waals surface area (Å²) in [5, 5.41) is 8.96. The fourth-order valence-electron chi connectivity index (χ4n) is 4.66. The largest absolute Gasteiger partial charge is 0.396 e. The molecule has 20 heteroatoms. The molecular formula is C27H20N6O9S5. The number of rotatable bonds is 7. The fraction of sp³-hybridized carbons (Fsp3) is 0.0370. The Morgan fingerprint density at radius 1 is 0.660 bits per heavy atom. The van der Waals surface area contributed by atoms with Crippen molar-refractivity contribution in [1.29, 1.82) is 0 Å². The molecular weight excluding hydrogens is 713 g/mol. The summed E-state index contributed by atoms with van der Waals surface area (Å²) >= 11 is 2.54. The van der Waals surface area contributed by atoms with Crippen molar-refractivity contribution in [3.05, 3.63) is 66.2 Å². The highest BCUT2D eigenvalue weighted by atomic mass is 32.2. The maximum Gasteiger partial charge on any atom is 0.296 e. The van der Waals surface area contributed by atoms with E-state index in [9.17, 15) is 38.9 Å². The number of nitrogens with zero attached hydrogens (tertiary/aromatic N) is 4. The summed E-state index contributed by atoms with van der Waals surface area (Å²) < 4.78 is 101. The second-order valence-electron chi connectivity index (χ2n) is 10.0. The first-order valence-corrected chi connectivity index (χ1v) is 18.8. The number of aromatic nitrogens is 2. The van der Waals surface area contributed by atoms with Gasteiger partial charge < -0.3 is 11.5 Å². The van der Waals surface area contributed by atoms with Crippen molar-refractivity contribution < 1.29 is 38.9 Å². The molecule has 0 saturated heterocycles. The van der Waals surface area contributed by atoms with Gasteiger partial charge in [0.2, 0.25) is 0 Å². The first-order valence-electron chi connectivity index (χ1n) is 12.9. The topological polar surface area (TPSA) is 266 Å². The molecule has 242 valence electrons. The number of thiazole rings is 2. The average Bonchev–Trinajstić information content (AvgIpc) is 3.59. The van der Waals surface area contributed by atoms with Gasteiger partial charge in [-0.15, -0.1) is 27.8 Å². The first-order chi connectivity index (χ1) is 21.9. The van der Waals surface area contributed by atoms with Crippen LogP contribution < -0.4 is 11.5 Å². The Balaban J connectivity index is 1.31. The van der Waals surface area contributed by atoms with E-state index in [0.29, 0.717) is 42.9 Å². The maximum absolute atomic E-state index is 12.0. The minimum Gasteiger partial charge on any atom is -0.396 e. The zero-order valence-electron chi connectivity index (χ0n) is 23.5. The minimum absolute atomic E-state index is 0.163. The third kappa shape index (κ3) is 6.19. The van der Waals surface area contributed by atoms with Gasteiger partial charge in [-0.2, -0.15) is 30.4 Å². The van der Waals surface area contributed by atoms with Gasteiger partial charge in [0.05, 0.1) is 37.5 Å². The molecule has 0 bridgehead atoms. The van der Waals surface area contributed by atoms with Crippen molar-refractivity contribution in [3.63, 3.8) is 0 Å². The second-order valence-corrected chi connectivity index (χ2v) is 16.2. The zero-order chi connectivity index (χ0) is 34.1. The zero-order valence-corrected chi connectivity index (χ0v) is 27.6. The van der Waals surface area contributed by atoms with E-state index in [4.69, 9.17) is 11.5 Å². The number of hydrogen-bond donors (Lipinski definition) is 5. The molecule has 6 aromatic rings. The van der Waals surface area contributed by atoms with E-state index in [0.717, 1.165) is 21.6 Å². The van der Waals surface area contributed by atoms with E-state index in [2.05, 4.69) is 20.2 Å². The molecule has 7 N–H and O–H groups in total. The van der Waals surface area contributed by atoms with E-state index in [-0.39, 0.29) is 10.6 Å². The highest BCUT2D eigenvalue weighted by molar-refractivity contribution is 7.87. The molecule has 0 radical (unpaired) electrons. The van der Waals surface area contributed by atoms with Crippen molar-refractivity contribution in [2.75, 3.05) is 11.5 Å². The summed E-state index contributed by atoms with van der Waals surface area (Å²) in [6.07, 6.45) is 0. The van der Waals surface area contributed by atoms with Crippen molar-refractivity contribution in [2.45, 2.75) is 21.6 Å². The number of nitrogen functional groups attached to an aromatic ring is 2. The molecule has 0 amide bonds. The fourth-order valence-corrected chi connectivity index (χ4v) is 9.33. The van der Waals surface area contributed by atoms with Crippen LogP contribution in [0.15, 0.2) is 85.6 Å². The predicted octanol–water partition coefficient (Wildman–Crippen LogP) is 5.87. The molecule has 0 aliphatic carbocycles. The van der Waals surface area contributed by atoms with Gasteiger partial charge in [-0.1, -0.05) is 6.07 Å². The Bertz CT molecular complexity index is 2580. The van der Waals surface area contributed by atoms with Gasteiger partial charge in [0.25, 0.3) is 30.4 Å². The normalized spacial score (nSPS) is 12.9. The highest BCUT2D eigenvalue weighted by Crippen LogP contribution is 2.41. The Morgan fingerprint density at radius 3 is 1.81 bits per heavy atom. The third-order valence-corrected chi connectivity index (χ3v) is 12.0. The molecule has 2 aromatic heterocycles.